The van der Waals surface area contributed by atoms with Gasteiger partial charge in [-0.25, -0.2) is 13.9 Å². The fourth-order valence-corrected chi connectivity index (χ4v) is 4.04. The molecule has 1 fully saturated rings. The normalized spacial score (nSPS) is 16.6. The third kappa shape index (κ3) is 4.00. The molecule has 0 N–H and O–H groups in total. The van der Waals surface area contributed by atoms with E-state index in [-0.39, 0.29) is 29.6 Å². The van der Waals surface area contributed by atoms with Crippen molar-refractivity contribution < 1.29 is 14.0 Å². The van der Waals surface area contributed by atoms with Crippen LogP contribution < -0.4 is 0 Å². The lowest BCUT2D eigenvalue weighted by Crippen LogP contribution is -2.55. The molecular weight excluding hydrogens is 409 g/mol. The van der Waals surface area contributed by atoms with E-state index in [1.807, 2.05) is 13.0 Å². The first-order chi connectivity index (χ1) is 15.3. The molecule has 8 heteroatoms. The number of piperazine rings is 1. The lowest BCUT2D eigenvalue weighted by molar-refractivity contribution is -0.129. The Balaban J connectivity index is 1.66. The molecule has 7 nitrogen and oxygen atoms in total. The van der Waals surface area contributed by atoms with Crippen LogP contribution in [0, 0.1) is 5.82 Å². The second-order valence-electron chi connectivity index (χ2n) is 8.38. The topological polar surface area (TPSA) is 70.8 Å². The highest BCUT2D eigenvalue weighted by molar-refractivity contribution is 5.93. The molecule has 0 bridgehead atoms. The Morgan fingerprint density at radius 1 is 1.22 bits per heavy atom. The summed E-state index contributed by atoms with van der Waals surface area (Å²) in [5.41, 5.74) is 3.36. The number of aromatic nitrogens is 3. The quantitative estimate of drug-likeness (QED) is 0.588. The van der Waals surface area contributed by atoms with Crippen molar-refractivity contribution in [2.45, 2.75) is 32.7 Å². The molecule has 1 atom stereocenters. The maximum absolute atomic E-state index is 13.3. The van der Waals surface area contributed by atoms with E-state index in [1.165, 1.54) is 18.2 Å². The molecular formula is C24H26FN5O2. The van der Waals surface area contributed by atoms with Crippen LogP contribution in [-0.2, 0) is 4.79 Å². The molecule has 0 radical (unpaired) electrons. The number of amides is 2. The fourth-order valence-electron chi connectivity index (χ4n) is 4.04. The van der Waals surface area contributed by atoms with Crippen molar-refractivity contribution in [2.24, 2.45) is 0 Å². The van der Waals surface area contributed by atoms with Crippen LogP contribution in [0.4, 0.5) is 4.39 Å². The number of carbonyl (C=O) groups is 2. The van der Waals surface area contributed by atoms with Gasteiger partial charge in [-0.05, 0) is 49.2 Å². The van der Waals surface area contributed by atoms with Crippen molar-refractivity contribution >= 4 is 17.5 Å². The van der Waals surface area contributed by atoms with E-state index in [2.05, 4.69) is 30.5 Å². The minimum Gasteiger partial charge on any atom is -0.333 e. The van der Waals surface area contributed by atoms with Gasteiger partial charge in [-0.1, -0.05) is 20.4 Å². The van der Waals surface area contributed by atoms with E-state index in [0.29, 0.717) is 36.7 Å². The molecule has 2 aromatic heterocycles. The molecule has 2 amide bonds. The third-order valence-corrected chi connectivity index (χ3v) is 5.81. The van der Waals surface area contributed by atoms with Crippen LogP contribution in [0.3, 0.4) is 0 Å². The summed E-state index contributed by atoms with van der Waals surface area (Å²) in [5, 5.41) is 4.62. The zero-order chi connectivity index (χ0) is 23.0. The summed E-state index contributed by atoms with van der Waals surface area (Å²) in [4.78, 5) is 33.2. The van der Waals surface area contributed by atoms with Gasteiger partial charge in [0.05, 0.1) is 11.9 Å². The standard InChI is InChI=1S/C24H26FN5O2/c1-5-22(31)29-11-10-28(13-16(29)4)24(32)21-14-30-23(26-21)19(15(2)3)12-20(27-30)17-6-8-18(25)9-7-17/h5-9,12,14-16H,1,10-11,13H2,2-4H3/t16-/m0/s1. The molecule has 1 aliphatic heterocycles. The number of imidazole rings is 1. The number of nitrogens with zero attached hydrogens (tertiary/aromatic N) is 5. The van der Waals surface area contributed by atoms with Gasteiger partial charge in [0.15, 0.2) is 5.65 Å². The van der Waals surface area contributed by atoms with E-state index in [4.69, 9.17) is 0 Å². The van der Waals surface area contributed by atoms with Gasteiger partial charge in [-0.15, -0.1) is 0 Å². The third-order valence-electron chi connectivity index (χ3n) is 5.81. The van der Waals surface area contributed by atoms with Crippen LogP contribution in [0.1, 0.15) is 42.7 Å². The van der Waals surface area contributed by atoms with Crippen LogP contribution in [0.15, 0.2) is 49.2 Å². The van der Waals surface area contributed by atoms with E-state index in [9.17, 15) is 14.0 Å². The lowest BCUT2D eigenvalue weighted by Gasteiger charge is -2.39. The molecule has 3 heterocycles. The minimum absolute atomic E-state index is 0.107. The summed E-state index contributed by atoms with van der Waals surface area (Å²) >= 11 is 0. The number of fused-ring (bicyclic) bond motifs is 1. The number of carbonyl (C=O) groups excluding carboxylic acids is 2. The van der Waals surface area contributed by atoms with Crippen LogP contribution in [0.25, 0.3) is 16.9 Å². The summed E-state index contributed by atoms with van der Waals surface area (Å²) in [6, 6.07) is 8.00. The van der Waals surface area contributed by atoms with Gasteiger partial charge in [0, 0.05) is 36.8 Å². The zero-order valence-corrected chi connectivity index (χ0v) is 18.5. The molecule has 166 valence electrons. The molecule has 1 aromatic carbocycles. The van der Waals surface area contributed by atoms with Gasteiger partial charge in [0.1, 0.15) is 11.5 Å². The van der Waals surface area contributed by atoms with Crippen molar-refractivity contribution in [1.29, 1.82) is 0 Å². The molecule has 0 unspecified atom stereocenters. The lowest BCUT2D eigenvalue weighted by atomic mass is 10.0. The summed E-state index contributed by atoms with van der Waals surface area (Å²) in [5.74, 6) is -0.473. The maximum Gasteiger partial charge on any atom is 0.274 e. The van der Waals surface area contributed by atoms with Crippen molar-refractivity contribution in [3.05, 3.63) is 66.3 Å². The summed E-state index contributed by atoms with van der Waals surface area (Å²) < 4.78 is 15.0. The maximum atomic E-state index is 13.3. The molecule has 0 saturated carbocycles. The van der Waals surface area contributed by atoms with Gasteiger partial charge in [0.2, 0.25) is 5.91 Å². The van der Waals surface area contributed by atoms with E-state index in [1.54, 1.807) is 32.6 Å². The van der Waals surface area contributed by atoms with Crippen molar-refractivity contribution in [1.82, 2.24) is 24.4 Å². The second-order valence-corrected chi connectivity index (χ2v) is 8.38. The molecule has 3 aromatic rings. The molecule has 1 aliphatic rings. The second kappa shape index (κ2) is 8.53. The highest BCUT2D eigenvalue weighted by Crippen LogP contribution is 2.26. The van der Waals surface area contributed by atoms with Crippen molar-refractivity contribution in [2.75, 3.05) is 19.6 Å². The fraction of sp³-hybridized carbons (Fsp3) is 0.333. The average Bonchev–Trinajstić information content (AvgIpc) is 3.21. The zero-order valence-electron chi connectivity index (χ0n) is 18.5. The first-order valence-corrected chi connectivity index (χ1v) is 10.7. The van der Waals surface area contributed by atoms with Crippen LogP contribution in [0.2, 0.25) is 0 Å². The smallest absolute Gasteiger partial charge is 0.274 e. The van der Waals surface area contributed by atoms with E-state index < -0.39 is 0 Å². The van der Waals surface area contributed by atoms with Crippen LogP contribution >= 0.6 is 0 Å². The summed E-state index contributed by atoms with van der Waals surface area (Å²) in [7, 11) is 0. The van der Waals surface area contributed by atoms with Gasteiger partial charge in [-0.3, -0.25) is 9.59 Å². The number of halogens is 1. The van der Waals surface area contributed by atoms with Gasteiger partial charge >= 0.3 is 0 Å². The Bertz CT molecular complexity index is 1190. The largest absolute Gasteiger partial charge is 0.333 e. The number of hydrogen-bond donors (Lipinski definition) is 0. The Morgan fingerprint density at radius 2 is 1.94 bits per heavy atom. The Hall–Kier alpha value is -3.55. The number of benzene rings is 1. The molecule has 32 heavy (non-hydrogen) atoms. The number of hydrogen-bond acceptors (Lipinski definition) is 4. The molecule has 4 rings (SSSR count). The van der Waals surface area contributed by atoms with Crippen molar-refractivity contribution in [3.63, 3.8) is 0 Å². The van der Waals surface area contributed by atoms with Crippen LogP contribution in [-0.4, -0.2) is 61.9 Å². The molecule has 0 spiro atoms. The van der Waals surface area contributed by atoms with Gasteiger partial charge in [-0.2, -0.15) is 5.10 Å². The number of rotatable bonds is 4. The highest BCUT2D eigenvalue weighted by atomic mass is 19.1. The highest BCUT2D eigenvalue weighted by Gasteiger charge is 2.30. The first kappa shape index (κ1) is 21.7. The van der Waals surface area contributed by atoms with Gasteiger partial charge in [0.25, 0.3) is 5.91 Å². The van der Waals surface area contributed by atoms with Crippen LogP contribution in [0.5, 0.6) is 0 Å². The average molecular weight is 436 g/mol. The SMILES string of the molecule is C=CC(=O)N1CCN(C(=O)c2cn3nc(-c4ccc(F)cc4)cc(C(C)C)c3n2)C[C@@H]1C. The molecule has 0 aliphatic carbocycles. The van der Waals surface area contributed by atoms with Crippen molar-refractivity contribution in [3.8, 4) is 11.3 Å². The Morgan fingerprint density at radius 3 is 2.56 bits per heavy atom. The Kier molecular flexibility index (Phi) is 5.78. The summed E-state index contributed by atoms with van der Waals surface area (Å²) in [6.45, 7) is 10.9. The van der Waals surface area contributed by atoms with Gasteiger partial charge < -0.3 is 9.80 Å². The van der Waals surface area contributed by atoms with E-state index in [0.717, 1.165) is 11.1 Å². The molecule has 1 saturated heterocycles. The predicted octanol–water partition coefficient (Wildman–Crippen LogP) is 3.52. The Labute approximate surface area is 186 Å². The van der Waals surface area contributed by atoms with E-state index >= 15 is 0 Å². The first-order valence-electron chi connectivity index (χ1n) is 10.7. The minimum atomic E-state index is -0.307. The summed E-state index contributed by atoms with van der Waals surface area (Å²) in [6.07, 6.45) is 2.94. The predicted molar refractivity (Wildman–Crippen MR) is 120 cm³/mol. The monoisotopic (exact) mass is 435 g/mol.